The van der Waals surface area contributed by atoms with Crippen LogP contribution in [0.4, 0.5) is 5.69 Å². The summed E-state index contributed by atoms with van der Waals surface area (Å²) in [4.78, 5) is 40.2. The van der Waals surface area contributed by atoms with Crippen molar-refractivity contribution in [1.82, 2.24) is 15.2 Å². The lowest BCUT2D eigenvalue weighted by atomic mass is 9.85. The topological polar surface area (TPSA) is 126 Å². The summed E-state index contributed by atoms with van der Waals surface area (Å²) in [5, 5.41) is 23.3. The van der Waals surface area contributed by atoms with E-state index in [2.05, 4.69) is 10.3 Å². The van der Waals surface area contributed by atoms with Gasteiger partial charge in [0.15, 0.2) is 0 Å². The lowest BCUT2D eigenvalue weighted by molar-refractivity contribution is -0.383. The Morgan fingerprint density at radius 3 is 2.74 bits per heavy atom. The highest BCUT2D eigenvalue weighted by Gasteiger charge is 2.35. The number of benzene rings is 1. The number of carboxylic acid groups (broad SMARTS) is 1. The molecule has 27 heavy (non-hydrogen) atoms. The first-order valence-electron chi connectivity index (χ1n) is 8.69. The van der Waals surface area contributed by atoms with Gasteiger partial charge in [-0.3, -0.25) is 29.6 Å². The lowest BCUT2D eigenvalue weighted by Crippen LogP contribution is -2.54. The Morgan fingerprint density at radius 2 is 2.11 bits per heavy atom. The number of carboxylic acids is 1. The molecule has 0 bridgehead atoms. The first-order valence-corrected chi connectivity index (χ1v) is 8.69. The van der Waals surface area contributed by atoms with Crippen LogP contribution >= 0.6 is 0 Å². The first kappa shape index (κ1) is 18.7. The van der Waals surface area contributed by atoms with Crippen LogP contribution in [0, 0.1) is 10.1 Å². The van der Waals surface area contributed by atoms with E-state index in [9.17, 15) is 19.7 Å². The predicted molar refractivity (Wildman–Crippen MR) is 97.6 cm³/mol. The fraction of sp³-hybridized carbons (Fsp3) is 0.389. The largest absolute Gasteiger partial charge is 0.480 e. The van der Waals surface area contributed by atoms with Crippen molar-refractivity contribution in [3.8, 4) is 0 Å². The number of rotatable bonds is 7. The number of nitro groups is 1. The van der Waals surface area contributed by atoms with Crippen LogP contribution in [0.3, 0.4) is 0 Å². The molecular weight excluding hydrogens is 352 g/mol. The number of aromatic nitrogens is 1. The Balaban J connectivity index is 1.71. The Hall–Kier alpha value is -3.07. The Morgan fingerprint density at radius 1 is 1.37 bits per heavy atom. The quantitative estimate of drug-likeness (QED) is 0.561. The molecule has 9 heteroatoms. The van der Waals surface area contributed by atoms with Crippen molar-refractivity contribution in [1.29, 1.82) is 0 Å². The number of non-ortho nitro benzene ring substituents is 1. The van der Waals surface area contributed by atoms with E-state index in [1.54, 1.807) is 12.1 Å². The number of amides is 1. The fourth-order valence-corrected chi connectivity index (χ4v) is 3.44. The monoisotopic (exact) mass is 372 g/mol. The van der Waals surface area contributed by atoms with Gasteiger partial charge in [-0.05, 0) is 37.6 Å². The SMILES string of the molecule is CCN(CC(=O)O)C1CC(NC(=O)c2ccc([N+](=O)[O-])c3cccnc23)C1. The van der Waals surface area contributed by atoms with Crippen molar-refractivity contribution in [3.63, 3.8) is 0 Å². The molecule has 1 aliphatic rings. The number of carbonyl (C=O) groups is 2. The van der Waals surface area contributed by atoms with Gasteiger partial charge >= 0.3 is 5.97 Å². The van der Waals surface area contributed by atoms with Crippen molar-refractivity contribution < 1.29 is 19.6 Å². The summed E-state index contributed by atoms with van der Waals surface area (Å²) in [6, 6.07) is 5.97. The van der Waals surface area contributed by atoms with Gasteiger partial charge in [0.1, 0.15) is 0 Å². The van der Waals surface area contributed by atoms with E-state index >= 15 is 0 Å². The maximum Gasteiger partial charge on any atom is 0.317 e. The maximum absolute atomic E-state index is 12.6. The van der Waals surface area contributed by atoms with Crippen molar-refractivity contribution in [2.24, 2.45) is 0 Å². The minimum absolute atomic E-state index is 0.0151. The number of nitro benzene ring substituents is 1. The van der Waals surface area contributed by atoms with Gasteiger partial charge in [-0.2, -0.15) is 0 Å². The molecule has 1 aliphatic carbocycles. The third kappa shape index (κ3) is 3.87. The van der Waals surface area contributed by atoms with Gasteiger partial charge in [0, 0.05) is 24.3 Å². The van der Waals surface area contributed by atoms with Gasteiger partial charge in [-0.1, -0.05) is 6.92 Å². The summed E-state index contributed by atoms with van der Waals surface area (Å²) in [5.74, 6) is -1.20. The molecule has 0 spiro atoms. The number of hydrogen-bond donors (Lipinski definition) is 2. The molecule has 3 rings (SSSR count). The second-order valence-corrected chi connectivity index (χ2v) is 6.54. The molecule has 1 saturated carbocycles. The third-order valence-electron chi connectivity index (χ3n) is 4.90. The van der Waals surface area contributed by atoms with E-state index in [4.69, 9.17) is 5.11 Å². The van der Waals surface area contributed by atoms with E-state index < -0.39 is 10.9 Å². The Bertz CT molecular complexity index is 894. The van der Waals surface area contributed by atoms with E-state index in [-0.39, 0.29) is 35.8 Å². The Labute approximate surface area is 155 Å². The summed E-state index contributed by atoms with van der Waals surface area (Å²) < 4.78 is 0. The number of aliphatic carboxylic acids is 1. The minimum atomic E-state index is -0.868. The first-order chi connectivity index (χ1) is 12.9. The molecule has 9 nitrogen and oxygen atoms in total. The highest BCUT2D eigenvalue weighted by molar-refractivity contribution is 6.07. The van der Waals surface area contributed by atoms with Crippen LogP contribution in [0.5, 0.6) is 0 Å². The van der Waals surface area contributed by atoms with Crippen molar-refractivity contribution in [2.75, 3.05) is 13.1 Å². The van der Waals surface area contributed by atoms with Crippen LogP contribution in [-0.2, 0) is 4.79 Å². The number of nitrogens with one attached hydrogen (secondary N) is 1. The van der Waals surface area contributed by atoms with Crippen LogP contribution in [0.1, 0.15) is 30.1 Å². The number of carbonyl (C=O) groups excluding carboxylic acids is 1. The van der Waals surface area contributed by atoms with Crippen LogP contribution in [0.2, 0.25) is 0 Å². The van der Waals surface area contributed by atoms with Gasteiger partial charge in [-0.15, -0.1) is 0 Å². The van der Waals surface area contributed by atoms with Crippen LogP contribution < -0.4 is 5.32 Å². The van der Waals surface area contributed by atoms with Gasteiger partial charge in [-0.25, -0.2) is 0 Å². The van der Waals surface area contributed by atoms with Gasteiger partial charge in [0.2, 0.25) is 0 Å². The maximum atomic E-state index is 12.6. The van der Waals surface area contributed by atoms with Crippen LogP contribution in [-0.4, -0.2) is 57.0 Å². The van der Waals surface area contributed by atoms with E-state index in [1.165, 1.54) is 18.3 Å². The van der Waals surface area contributed by atoms with Gasteiger partial charge in [0.05, 0.1) is 27.9 Å². The number of fused-ring (bicyclic) bond motifs is 1. The molecule has 0 aliphatic heterocycles. The normalized spacial score (nSPS) is 18.9. The average Bonchev–Trinajstić information content (AvgIpc) is 2.61. The smallest absolute Gasteiger partial charge is 0.317 e. The zero-order valence-corrected chi connectivity index (χ0v) is 14.8. The highest BCUT2D eigenvalue weighted by atomic mass is 16.6. The fourth-order valence-electron chi connectivity index (χ4n) is 3.44. The standard InChI is InChI=1S/C18H20N4O5/c1-2-21(10-16(23)24)12-8-11(9-12)20-18(25)14-5-6-15(22(26)27)13-4-3-7-19-17(13)14/h3-7,11-12H,2,8-10H2,1H3,(H,20,25)(H,23,24). The summed E-state index contributed by atoms with van der Waals surface area (Å²) >= 11 is 0. The minimum Gasteiger partial charge on any atom is -0.480 e. The molecule has 0 radical (unpaired) electrons. The zero-order valence-electron chi connectivity index (χ0n) is 14.8. The van der Waals surface area contributed by atoms with Crippen molar-refractivity contribution in [2.45, 2.75) is 31.8 Å². The predicted octanol–water partition coefficient (Wildman–Crippen LogP) is 1.81. The van der Waals surface area contributed by atoms with Crippen LogP contribution in [0.15, 0.2) is 30.5 Å². The molecule has 1 amide bonds. The second-order valence-electron chi connectivity index (χ2n) is 6.54. The summed E-state index contributed by atoms with van der Waals surface area (Å²) in [5.41, 5.74) is 0.490. The summed E-state index contributed by atoms with van der Waals surface area (Å²) in [7, 11) is 0. The summed E-state index contributed by atoms with van der Waals surface area (Å²) in [6.07, 6.45) is 2.84. The molecule has 0 saturated heterocycles. The number of pyridine rings is 1. The number of hydrogen-bond acceptors (Lipinski definition) is 6. The van der Waals surface area contributed by atoms with Crippen molar-refractivity contribution in [3.05, 3.63) is 46.1 Å². The average molecular weight is 372 g/mol. The van der Waals surface area contributed by atoms with Crippen LogP contribution in [0.25, 0.3) is 10.9 Å². The zero-order chi connectivity index (χ0) is 19.6. The molecule has 1 aromatic heterocycles. The Kier molecular flexibility index (Phi) is 5.31. The molecule has 2 aromatic rings. The lowest BCUT2D eigenvalue weighted by Gasteiger charge is -2.42. The van der Waals surface area contributed by atoms with E-state index in [0.717, 1.165) is 0 Å². The number of nitrogens with zero attached hydrogens (tertiary/aromatic N) is 3. The molecule has 1 fully saturated rings. The van der Waals surface area contributed by atoms with E-state index in [0.29, 0.717) is 30.3 Å². The molecule has 1 heterocycles. The second kappa shape index (κ2) is 7.67. The molecule has 1 aromatic carbocycles. The molecule has 2 N–H and O–H groups in total. The third-order valence-corrected chi connectivity index (χ3v) is 4.90. The summed E-state index contributed by atoms with van der Waals surface area (Å²) in [6.45, 7) is 2.52. The highest BCUT2D eigenvalue weighted by Crippen LogP contribution is 2.29. The van der Waals surface area contributed by atoms with E-state index in [1.807, 2.05) is 11.8 Å². The number of likely N-dealkylation sites (N-methyl/N-ethyl adjacent to an activating group) is 1. The van der Waals surface area contributed by atoms with Gasteiger partial charge in [0.25, 0.3) is 11.6 Å². The van der Waals surface area contributed by atoms with Gasteiger partial charge < -0.3 is 10.4 Å². The molecular formula is C18H20N4O5. The molecule has 0 atom stereocenters. The molecule has 142 valence electrons. The van der Waals surface area contributed by atoms with Crippen molar-refractivity contribution >= 4 is 28.5 Å². The molecule has 0 unspecified atom stereocenters.